The second-order valence-electron chi connectivity index (χ2n) is 7.21. The average Bonchev–Trinajstić information content (AvgIpc) is 2.98. The van der Waals surface area contributed by atoms with Crippen molar-refractivity contribution in [3.05, 3.63) is 95.2 Å². The van der Waals surface area contributed by atoms with Gasteiger partial charge in [-0.05, 0) is 49.2 Å². The summed E-state index contributed by atoms with van der Waals surface area (Å²) in [5.41, 5.74) is 5.40. The molecule has 0 spiro atoms. The molecular weight excluding hydrogens is 401 g/mol. The van der Waals surface area contributed by atoms with Crippen LogP contribution in [0.4, 0.5) is 10.1 Å². The van der Waals surface area contributed by atoms with E-state index in [1.54, 1.807) is 35.4 Å². The Morgan fingerprint density at radius 1 is 1.03 bits per heavy atom. The molecule has 2 aromatic heterocycles. The summed E-state index contributed by atoms with van der Waals surface area (Å²) in [6.45, 7) is 4.44. The number of fused-ring (bicyclic) bond motifs is 1. The number of amides is 1. The predicted molar refractivity (Wildman–Crippen MR) is 121 cm³/mol. The molecule has 4 aromatic rings. The first-order chi connectivity index (χ1) is 14.0. The molecule has 0 saturated carbocycles. The van der Waals surface area contributed by atoms with Crippen molar-refractivity contribution in [1.29, 1.82) is 0 Å². The van der Waals surface area contributed by atoms with Gasteiger partial charge in [0.1, 0.15) is 5.82 Å². The third kappa shape index (κ3) is 3.81. The Morgan fingerprint density at radius 2 is 1.70 bits per heavy atom. The van der Waals surface area contributed by atoms with E-state index in [0.29, 0.717) is 12.1 Å². The Morgan fingerprint density at radius 3 is 2.37 bits per heavy atom. The number of pyridine rings is 1. The minimum atomic E-state index is -0.299. The maximum absolute atomic E-state index is 13.5. The molecule has 4 rings (SSSR count). The maximum atomic E-state index is 13.5. The summed E-state index contributed by atoms with van der Waals surface area (Å²) >= 11 is 0. The van der Waals surface area contributed by atoms with Gasteiger partial charge in [0, 0.05) is 29.9 Å². The molecular formula is C24H23ClFN3O. The van der Waals surface area contributed by atoms with Gasteiger partial charge in [-0.25, -0.2) is 4.39 Å². The van der Waals surface area contributed by atoms with Crippen molar-refractivity contribution < 1.29 is 9.18 Å². The highest BCUT2D eigenvalue weighted by Crippen LogP contribution is 2.33. The van der Waals surface area contributed by atoms with Crippen molar-refractivity contribution in [1.82, 2.24) is 9.55 Å². The number of hydrogen-bond donors (Lipinski definition) is 0. The van der Waals surface area contributed by atoms with Gasteiger partial charge in [-0.2, -0.15) is 0 Å². The van der Waals surface area contributed by atoms with Gasteiger partial charge in [0.15, 0.2) is 0 Å². The van der Waals surface area contributed by atoms with Crippen LogP contribution in [0.5, 0.6) is 0 Å². The summed E-state index contributed by atoms with van der Waals surface area (Å²) in [7, 11) is 2.00. The van der Waals surface area contributed by atoms with Gasteiger partial charge in [-0.1, -0.05) is 30.3 Å². The smallest absolute Gasteiger partial charge is 0.258 e. The van der Waals surface area contributed by atoms with Gasteiger partial charge in [-0.3, -0.25) is 9.78 Å². The van der Waals surface area contributed by atoms with Crippen molar-refractivity contribution in [2.75, 3.05) is 4.90 Å². The molecule has 0 aliphatic rings. The fourth-order valence-electron chi connectivity index (χ4n) is 3.66. The number of nitrogens with zero attached hydrogens (tertiary/aromatic N) is 3. The lowest BCUT2D eigenvalue weighted by molar-refractivity contribution is 0.0985. The van der Waals surface area contributed by atoms with Crippen molar-refractivity contribution in [2.24, 2.45) is 7.05 Å². The lowest BCUT2D eigenvalue weighted by atomic mass is 10.1. The number of aromatic nitrogens is 2. The fraction of sp³-hybridized carbons (Fsp3) is 0.167. The molecule has 0 saturated heterocycles. The third-order valence-electron chi connectivity index (χ3n) is 5.49. The van der Waals surface area contributed by atoms with Gasteiger partial charge in [-0.15, -0.1) is 12.4 Å². The Balaban J connectivity index is 0.00000256. The highest BCUT2D eigenvalue weighted by atomic mass is 35.5. The second kappa shape index (κ2) is 8.67. The zero-order valence-electron chi connectivity index (χ0n) is 17.1. The maximum Gasteiger partial charge on any atom is 0.258 e. The first kappa shape index (κ1) is 21.5. The average molecular weight is 424 g/mol. The van der Waals surface area contributed by atoms with E-state index < -0.39 is 0 Å². The highest BCUT2D eigenvalue weighted by Gasteiger charge is 2.23. The molecule has 0 unspecified atom stereocenters. The van der Waals surface area contributed by atoms with E-state index in [4.69, 9.17) is 0 Å². The quantitative estimate of drug-likeness (QED) is 0.428. The van der Waals surface area contributed by atoms with E-state index in [1.807, 2.05) is 31.4 Å². The van der Waals surface area contributed by atoms with Gasteiger partial charge in [0.05, 0.1) is 23.9 Å². The number of rotatable bonds is 4. The van der Waals surface area contributed by atoms with E-state index >= 15 is 0 Å². The van der Waals surface area contributed by atoms with E-state index in [0.717, 1.165) is 33.4 Å². The Bertz CT molecular complexity index is 1190. The molecule has 2 aromatic carbocycles. The normalized spacial score (nSPS) is 10.7. The molecule has 4 nitrogen and oxygen atoms in total. The summed E-state index contributed by atoms with van der Waals surface area (Å²) < 4.78 is 15.5. The minimum absolute atomic E-state index is 0. The number of halogens is 2. The van der Waals surface area contributed by atoms with Crippen molar-refractivity contribution in [3.63, 3.8) is 0 Å². The van der Waals surface area contributed by atoms with Gasteiger partial charge < -0.3 is 9.47 Å². The number of carbonyl (C=O) groups excluding carboxylic acids is 1. The Labute approximate surface area is 181 Å². The molecule has 0 fully saturated rings. The SMILES string of the molecule is Cc1c(C)n(C)c2c(N(Cc3ccc(F)cc3)C(=O)c3ccccc3)cncc12.Cl. The zero-order chi connectivity index (χ0) is 20.5. The molecule has 0 atom stereocenters. The molecule has 0 aliphatic carbocycles. The summed E-state index contributed by atoms with van der Waals surface area (Å²) in [5, 5.41) is 1.02. The number of benzene rings is 2. The largest absolute Gasteiger partial charge is 0.346 e. The van der Waals surface area contributed by atoms with Crippen LogP contribution in [0.25, 0.3) is 10.9 Å². The number of aryl methyl sites for hydroxylation is 2. The van der Waals surface area contributed by atoms with Gasteiger partial charge in [0.2, 0.25) is 0 Å². The van der Waals surface area contributed by atoms with Crippen LogP contribution in [-0.2, 0) is 13.6 Å². The predicted octanol–water partition coefficient (Wildman–Crippen LogP) is 5.60. The van der Waals surface area contributed by atoms with Gasteiger partial charge in [0.25, 0.3) is 5.91 Å². The van der Waals surface area contributed by atoms with Crippen LogP contribution in [-0.4, -0.2) is 15.5 Å². The Hall–Kier alpha value is -3.18. The molecule has 1 amide bonds. The van der Waals surface area contributed by atoms with E-state index in [9.17, 15) is 9.18 Å². The summed E-state index contributed by atoms with van der Waals surface area (Å²) in [4.78, 5) is 19.6. The number of anilines is 1. The van der Waals surface area contributed by atoms with E-state index in [-0.39, 0.29) is 24.1 Å². The summed E-state index contributed by atoms with van der Waals surface area (Å²) in [6, 6.07) is 15.4. The van der Waals surface area contributed by atoms with Crippen LogP contribution < -0.4 is 4.90 Å². The lowest BCUT2D eigenvalue weighted by Gasteiger charge is -2.24. The first-order valence-corrected chi connectivity index (χ1v) is 9.48. The number of carbonyl (C=O) groups is 1. The topological polar surface area (TPSA) is 38.1 Å². The van der Waals surface area contributed by atoms with Crippen LogP contribution >= 0.6 is 12.4 Å². The lowest BCUT2D eigenvalue weighted by Crippen LogP contribution is -2.31. The molecule has 6 heteroatoms. The van der Waals surface area contributed by atoms with Crippen molar-refractivity contribution in [2.45, 2.75) is 20.4 Å². The van der Waals surface area contributed by atoms with Crippen molar-refractivity contribution in [3.8, 4) is 0 Å². The second-order valence-corrected chi connectivity index (χ2v) is 7.21. The standard InChI is InChI=1S/C24H22FN3O.ClH/c1-16-17(2)27(3)23-21(16)13-26-14-22(23)28(15-18-9-11-20(25)12-10-18)24(29)19-7-5-4-6-8-19;/h4-14H,15H2,1-3H3;1H. The third-order valence-corrected chi connectivity index (χ3v) is 5.49. The minimum Gasteiger partial charge on any atom is -0.346 e. The summed E-state index contributed by atoms with van der Waals surface area (Å²) in [6.07, 6.45) is 3.57. The zero-order valence-corrected chi connectivity index (χ0v) is 17.9. The van der Waals surface area contributed by atoms with E-state index in [2.05, 4.69) is 23.4 Å². The van der Waals surface area contributed by atoms with Crippen LogP contribution in [0.3, 0.4) is 0 Å². The van der Waals surface area contributed by atoms with Crippen LogP contribution in [0.1, 0.15) is 27.2 Å². The molecule has 0 N–H and O–H groups in total. The molecule has 2 heterocycles. The van der Waals surface area contributed by atoms with Crippen LogP contribution in [0.2, 0.25) is 0 Å². The fourth-order valence-corrected chi connectivity index (χ4v) is 3.66. The molecule has 0 bridgehead atoms. The Kier molecular flexibility index (Phi) is 6.22. The van der Waals surface area contributed by atoms with E-state index in [1.165, 1.54) is 12.1 Å². The highest BCUT2D eigenvalue weighted by molar-refractivity contribution is 6.10. The molecule has 0 aliphatic heterocycles. The molecule has 154 valence electrons. The molecule has 0 radical (unpaired) electrons. The van der Waals surface area contributed by atoms with Crippen LogP contribution in [0, 0.1) is 19.7 Å². The monoisotopic (exact) mass is 423 g/mol. The molecule has 30 heavy (non-hydrogen) atoms. The van der Waals surface area contributed by atoms with Crippen LogP contribution in [0.15, 0.2) is 67.0 Å². The number of hydrogen-bond acceptors (Lipinski definition) is 2. The van der Waals surface area contributed by atoms with Gasteiger partial charge >= 0.3 is 0 Å². The van der Waals surface area contributed by atoms with Crippen molar-refractivity contribution >= 4 is 34.9 Å². The first-order valence-electron chi connectivity index (χ1n) is 9.48. The summed E-state index contributed by atoms with van der Waals surface area (Å²) in [5.74, 6) is -0.423.